The first-order valence-corrected chi connectivity index (χ1v) is 8.64. The number of carbonyl (C=O) groups is 1. The molecule has 5 nitrogen and oxygen atoms in total. The minimum Gasteiger partial charge on any atom is -0.406 e. The van der Waals surface area contributed by atoms with Crippen LogP contribution in [0.5, 0.6) is 5.88 Å². The molecule has 0 aliphatic heterocycles. The number of carbonyl (C=O) groups excluding carboxylic acids is 1. The Kier molecular flexibility index (Phi) is 5.40. The Morgan fingerprint density at radius 3 is 2.46 bits per heavy atom. The van der Waals surface area contributed by atoms with E-state index < -0.39 is 5.97 Å². The van der Waals surface area contributed by atoms with Crippen molar-refractivity contribution >= 4 is 17.6 Å². The zero-order valence-electron chi connectivity index (χ0n) is 14.7. The van der Waals surface area contributed by atoms with Gasteiger partial charge in [-0.2, -0.15) is 0 Å². The molecule has 0 aliphatic carbocycles. The van der Waals surface area contributed by atoms with Crippen LogP contribution < -0.4 is 10.5 Å². The number of benzene rings is 2. The van der Waals surface area contributed by atoms with E-state index in [0.717, 1.165) is 27.9 Å². The molecular weight excluding hydrogens is 350 g/mol. The van der Waals surface area contributed by atoms with Crippen LogP contribution in [-0.2, 0) is 17.9 Å². The van der Waals surface area contributed by atoms with Gasteiger partial charge in [0.2, 0.25) is 5.88 Å². The van der Waals surface area contributed by atoms with Gasteiger partial charge >= 0.3 is 5.97 Å². The highest BCUT2D eigenvalue weighted by Crippen LogP contribution is 2.26. The molecule has 0 bridgehead atoms. The highest BCUT2D eigenvalue weighted by molar-refractivity contribution is 6.31. The summed E-state index contributed by atoms with van der Waals surface area (Å²) in [5.41, 5.74) is 10.6. The van der Waals surface area contributed by atoms with Gasteiger partial charge in [-0.05, 0) is 35.2 Å². The lowest BCUT2D eigenvalue weighted by atomic mass is 10.1. The summed E-state index contributed by atoms with van der Waals surface area (Å²) in [6.45, 7) is 4.31. The van der Waals surface area contributed by atoms with Crippen LogP contribution in [0.15, 0.2) is 48.5 Å². The van der Waals surface area contributed by atoms with Gasteiger partial charge in [0.1, 0.15) is 0 Å². The van der Waals surface area contributed by atoms with Crippen LogP contribution in [0.4, 0.5) is 0 Å². The lowest BCUT2D eigenvalue weighted by Gasteiger charge is -2.09. The van der Waals surface area contributed by atoms with Gasteiger partial charge < -0.3 is 10.5 Å². The fourth-order valence-electron chi connectivity index (χ4n) is 2.66. The average Bonchev–Trinajstić information content (AvgIpc) is 2.99. The average molecular weight is 370 g/mol. The Hall–Kier alpha value is -2.63. The lowest BCUT2D eigenvalue weighted by Crippen LogP contribution is -2.06. The Labute approximate surface area is 157 Å². The summed E-state index contributed by atoms with van der Waals surface area (Å²) in [5.74, 6) is -0.133. The Morgan fingerprint density at radius 2 is 1.85 bits per heavy atom. The van der Waals surface area contributed by atoms with E-state index in [1.54, 1.807) is 10.7 Å². The van der Waals surface area contributed by atoms with Gasteiger partial charge in [0, 0.05) is 24.6 Å². The van der Waals surface area contributed by atoms with Crippen LogP contribution in [0.3, 0.4) is 0 Å². The molecule has 3 aromatic rings. The summed E-state index contributed by atoms with van der Waals surface area (Å²) in [6.07, 6.45) is 0. The third-order valence-electron chi connectivity index (χ3n) is 4.06. The highest BCUT2D eigenvalue weighted by Gasteiger charge is 2.13. The predicted octanol–water partition coefficient (Wildman–Crippen LogP) is 3.94. The largest absolute Gasteiger partial charge is 0.406 e. The molecule has 134 valence electrons. The zero-order valence-corrected chi connectivity index (χ0v) is 15.5. The summed E-state index contributed by atoms with van der Waals surface area (Å²) in [7, 11) is 0. The van der Waals surface area contributed by atoms with Crippen molar-refractivity contribution in [2.75, 3.05) is 0 Å². The number of nitrogens with two attached hydrogens (primary N) is 1. The minimum atomic E-state index is -0.405. The fourth-order valence-corrected chi connectivity index (χ4v) is 2.87. The molecule has 0 radical (unpaired) electrons. The van der Waals surface area contributed by atoms with E-state index in [2.05, 4.69) is 5.10 Å². The van der Waals surface area contributed by atoms with E-state index in [-0.39, 0.29) is 5.88 Å². The summed E-state index contributed by atoms with van der Waals surface area (Å²) in [4.78, 5) is 11.3. The monoisotopic (exact) mass is 369 g/mol. The molecule has 2 aromatic carbocycles. The van der Waals surface area contributed by atoms with Gasteiger partial charge in [0.25, 0.3) is 0 Å². The first-order chi connectivity index (χ1) is 12.5. The molecule has 0 spiro atoms. The number of esters is 1. The maximum absolute atomic E-state index is 11.3. The van der Waals surface area contributed by atoms with Crippen molar-refractivity contribution in [3.05, 3.63) is 70.2 Å². The maximum Gasteiger partial charge on any atom is 0.309 e. The molecule has 2 N–H and O–H groups in total. The van der Waals surface area contributed by atoms with E-state index in [1.165, 1.54) is 6.92 Å². The van der Waals surface area contributed by atoms with Crippen LogP contribution in [-0.4, -0.2) is 15.7 Å². The van der Waals surface area contributed by atoms with Crippen molar-refractivity contribution in [1.29, 1.82) is 0 Å². The number of halogens is 1. The topological polar surface area (TPSA) is 70.1 Å². The molecule has 0 saturated heterocycles. The van der Waals surface area contributed by atoms with Crippen LogP contribution in [0.1, 0.15) is 23.6 Å². The third-order valence-corrected chi connectivity index (χ3v) is 4.47. The Bertz CT molecular complexity index is 933. The number of ether oxygens (including phenoxy) is 1. The maximum atomic E-state index is 11.3. The van der Waals surface area contributed by atoms with E-state index in [1.807, 2.05) is 49.4 Å². The molecule has 0 aliphatic rings. The SMILES string of the molecule is CC(=O)Oc1cc(-c2ccc(CN)cc2)n(Cc2ccc(C)c(Cl)c2)n1. The second-order valence-corrected chi connectivity index (χ2v) is 6.51. The molecule has 6 heteroatoms. The first-order valence-electron chi connectivity index (χ1n) is 8.27. The number of rotatable bonds is 5. The zero-order chi connectivity index (χ0) is 18.7. The van der Waals surface area contributed by atoms with Gasteiger partial charge in [-0.1, -0.05) is 48.0 Å². The smallest absolute Gasteiger partial charge is 0.309 e. The van der Waals surface area contributed by atoms with Crippen LogP contribution in [0.25, 0.3) is 11.3 Å². The first kappa shape index (κ1) is 18.2. The minimum absolute atomic E-state index is 0.272. The number of aryl methyl sites for hydroxylation is 1. The Morgan fingerprint density at radius 1 is 1.15 bits per heavy atom. The number of aromatic nitrogens is 2. The van der Waals surface area contributed by atoms with Crippen molar-refractivity contribution < 1.29 is 9.53 Å². The molecule has 0 unspecified atom stereocenters. The fraction of sp³-hybridized carbons (Fsp3) is 0.200. The molecule has 26 heavy (non-hydrogen) atoms. The molecule has 3 rings (SSSR count). The number of nitrogens with zero attached hydrogens (tertiary/aromatic N) is 2. The molecule has 0 atom stereocenters. The van der Waals surface area contributed by atoms with Gasteiger partial charge in [-0.3, -0.25) is 9.48 Å². The second kappa shape index (κ2) is 7.72. The summed E-state index contributed by atoms with van der Waals surface area (Å²) in [6, 6.07) is 15.6. The normalized spacial score (nSPS) is 10.8. The van der Waals surface area contributed by atoms with Gasteiger partial charge in [0.15, 0.2) is 0 Å². The molecule has 0 fully saturated rings. The molecule has 0 saturated carbocycles. The van der Waals surface area contributed by atoms with Crippen molar-refractivity contribution in [2.24, 2.45) is 5.73 Å². The summed E-state index contributed by atoms with van der Waals surface area (Å²) in [5, 5.41) is 5.13. The molecule has 0 amide bonds. The lowest BCUT2D eigenvalue weighted by molar-refractivity contribution is -0.132. The summed E-state index contributed by atoms with van der Waals surface area (Å²) < 4.78 is 6.97. The van der Waals surface area contributed by atoms with E-state index in [0.29, 0.717) is 18.1 Å². The summed E-state index contributed by atoms with van der Waals surface area (Å²) >= 11 is 6.23. The highest BCUT2D eigenvalue weighted by atomic mass is 35.5. The quantitative estimate of drug-likeness (QED) is 0.691. The predicted molar refractivity (Wildman–Crippen MR) is 102 cm³/mol. The molecule has 1 heterocycles. The Balaban J connectivity index is 1.99. The standard InChI is InChI=1S/C20H20ClN3O2/c1-13-3-4-16(9-18(13)21)12-24-19(10-20(23-24)26-14(2)25)17-7-5-15(11-22)6-8-17/h3-10H,11-12,22H2,1-2H3. The van der Waals surface area contributed by atoms with Crippen LogP contribution >= 0.6 is 11.6 Å². The van der Waals surface area contributed by atoms with Gasteiger partial charge in [0.05, 0.1) is 12.2 Å². The van der Waals surface area contributed by atoms with Crippen molar-refractivity contribution in [3.8, 4) is 17.1 Å². The van der Waals surface area contributed by atoms with Crippen molar-refractivity contribution in [1.82, 2.24) is 9.78 Å². The number of hydrogen-bond acceptors (Lipinski definition) is 4. The second-order valence-electron chi connectivity index (χ2n) is 6.10. The van der Waals surface area contributed by atoms with Crippen LogP contribution in [0.2, 0.25) is 5.02 Å². The van der Waals surface area contributed by atoms with Gasteiger partial charge in [-0.15, -0.1) is 5.10 Å². The van der Waals surface area contributed by atoms with Crippen molar-refractivity contribution in [2.45, 2.75) is 26.9 Å². The molecular formula is C20H20ClN3O2. The van der Waals surface area contributed by atoms with Crippen molar-refractivity contribution in [3.63, 3.8) is 0 Å². The molecule has 1 aromatic heterocycles. The van der Waals surface area contributed by atoms with Gasteiger partial charge in [-0.25, -0.2) is 0 Å². The van der Waals surface area contributed by atoms with E-state index in [9.17, 15) is 4.79 Å². The van der Waals surface area contributed by atoms with E-state index in [4.69, 9.17) is 22.1 Å². The van der Waals surface area contributed by atoms with Crippen LogP contribution in [0, 0.1) is 6.92 Å². The third kappa shape index (κ3) is 4.12. The number of hydrogen-bond donors (Lipinski definition) is 1. The van der Waals surface area contributed by atoms with E-state index >= 15 is 0 Å².